The van der Waals surface area contributed by atoms with E-state index < -0.39 is 17.4 Å². The third kappa shape index (κ3) is 3.74. The number of aryl methyl sites for hydroxylation is 3. The van der Waals surface area contributed by atoms with E-state index in [1.54, 1.807) is 4.52 Å². The minimum atomic E-state index is -0.872. The second kappa shape index (κ2) is 7.30. The lowest BCUT2D eigenvalue weighted by Gasteiger charge is -2.12. The molecule has 0 aliphatic heterocycles. The second-order valence-corrected chi connectivity index (χ2v) is 6.34. The van der Waals surface area contributed by atoms with Crippen molar-refractivity contribution in [2.24, 2.45) is 0 Å². The molecule has 1 N–H and O–H groups in total. The van der Waals surface area contributed by atoms with Crippen LogP contribution in [-0.4, -0.2) is 27.6 Å². The van der Waals surface area contributed by atoms with Gasteiger partial charge in [-0.05, 0) is 32.8 Å². The van der Waals surface area contributed by atoms with Crippen LogP contribution in [0.25, 0.3) is 5.65 Å². The molecule has 1 amide bonds. The number of hydrogen-bond donors (Lipinski definition) is 1. The molecule has 0 saturated heterocycles. The number of fused-ring (bicyclic) bond motifs is 1. The van der Waals surface area contributed by atoms with E-state index in [1.807, 2.05) is 26.8 Å². The number of anilines is 1. The second-order valence-electron chi connectivity index (χ2n) is 6.34. The van der Waals surface area contributed by atoms with Crippen LogP contribution in [-0.2, 0) is 11.2 Å². The smallest absolute Gasteiger partial charge is 0.224 e. The van der Waals surface area contributed by atoms with Gasteiger partial charge in [-0.15, -0.1) is 0 Å². The molecule has 3 aromatic rings. The number of nitrogens with zero attached hydrogens (tertiary/aromatic N) is 3. The van der Waals surface area contributed by atoms with Gasteiger partial charge in [0.15, 0.2) is 23.0 Å². The SMILES string of the molecule is COc1c(F)cc(NC(=O)CCc2c(C)nc3cc(C)nn3c2C)cc1F. The van der Waals surface area contributed by atoms with Crippen LogP contribution in [0.1, 0.15) is 29.1 Å². The van der Waals surface area contributed by atoms with Gasteiger partial charge < -0.3 is 10.1 Å². The Balaban J connectivity index is 1.74. The molecular weight excluding hydrogens is 354 g/mol. The van der Waals surface area contributed by atoms with Crippen LogP contribution in [0, 0.1) is 32.4 Å². The van der Waals surface area contributed by atoms with Crippen molar-refractivity contribution in [2.45, 2.75) is 33.6 Å². The molecule has 0 saturated carbocycles. The number of hydrogen-bond acceptors (Lipinski definition) is 4. The van der Waals surface area contributed by atoms with Gasteiger partial charge in [0, 0.05) is 41.7 Å². The zero-order valence-corrected chi connectivity index (χ0v) is 15.6. The van der Waals surface area contributed by atoms with E-state index in [4.69, 9.17) is 0 Å². The number of benzene rings is 1. The largest absolute Gasteiger partial charge is 0.491 e. The van der Waals surface area contributed by atoms with Gasteiger partial charge in [-0.2, -0.15) is 5.10 Å². The summed E-state index contributed by atoms with van der Waals surface area (Å²) in [5.74, 6) is -2.57. The summed E-state index contributed by atoms with van der Waals surface area (Å²) in [5.41, 5.74) is 4.34. The predicted molar refractivity (Wildman–Crippen MR) is 97.1 cm³/mol. The number of halogens is 2. The fourth-order valence-corrected chi connectivity index (χ4v) is 3.09. The molecule has 0 unspecified atom stereocenters. The predicted octanol–water partition coefficient (Wildman–Crippen LogP) is 3.51. The van der Waals surface area contributed by atoms with Crippen LogP contribution in [0.5, 0.6) is 5.75 Å². The zero-order chi connectivity index (χ0) is 19.7. The van der Waals surface area contributed by atoms with Crippen molar-refractivity contribution in [1.82, 2.24) is 14.6 Å². The van der Waals surface area contributed by atoms with Gasteiger partial charge in [0.2, 0.25) is 5.91 Å². The van der Waals surface area contributed by atoms with Crippen molar-refractivity contribution in [2.75, 3.05) is 12.4 Å². The quantitative estimate of drug-likeness (QED) is 0.742. The van der Waals surface area contributed by atoms with Gasteiger partial charge in [0.25, 0.3) is 0 Å². The van der Waals surface area contributed by atoms with Gasteiger partial charge in [-0.25, -0.2) is 18.3 Å². The van der Waals surface area contributed by atoms with Crippen molar-refractivity contribution in [1.29, 1.82) is 0 Å². The van der Waals surface area contributed by atoms with Crippen molar-refractivity contribution in [3.63, 3.8) is 0 Å². The number of carbonyl (C=O) groups is 1. The molecule has 0 atom stereocenters. The molecule has 2 aromatic heterocycles. The highest BCUT2D eigenvalue weighted by molar-refractivity contribution is 5.91. The van der Waals surface area contributed by atoms with E-state index in [1.165, 1.54) is 7.11 Å². The van der Waals surface area contributed by atoms with E-state index in [9.17, 15) is 13.6 Å². The summed E-state index contributed by atoms with van der Waals surface area (Å²) in [4.78, 5) is 16.7. The van der Waals surface area contributed by atoms with Crippen molar-refractivity contribution in [3.05, 3.63) is 52.5 Å². The number of aromatic nitrogens is 3. The molecule has 27 heavy (non-hydrogen) atoms. The molecule has 1 aromatic carbocycles. The molecule has 0 aliphatic rings. The van der Waals surface area contributed by atoms with E-state index in [-0.39, 0.29) is 18.0 Å². The first-order chi connectivity index (χ1) is 12.8. The van der Waals surface area contributed by atoms with E-state index in [2.05, 4.69) is 20.1 Å². The fraction of sp³-hybridized carbons (Fsp3) is 0.316. The van der Waals surface area contributed by atoms with Crippen LogP contribution >= 0.6 is 0 Å². The van der Waals surface area contributed by atoms with Gasteiger partial charge in [0.05, 0.1) is 12.8 Å². The topological polar surface area (TPSA) is 68.5 Å². The minimum Gasteiger partial charge on any atom is -0.491 e. The summed E-state index contributed by atoms with van der Waals surface area (Å²) in [5, 5.41) is 6.91. The molecule has 0 bridgehead atoms. The van der Waals surface area contributed by atoms with Gasteiger partial charge >= 0.3 is 0 Å². The maximum Gasteiger partial charge on any atom is 0.224 e. The van der Waals surface area contributed by atoms with Crippen LogP contribution in [0.3, 0.4) is 0 Å². The minimum absolute atomic E-state index is 0.0422. The highest BCUT2D eigenvalue weighted by atomic mass is 19.1. The summed E-state index contributed by atoms with van der Waals surface area (Å²) >= 11 is 0. The lowest BCUT2D eigenvalue weighted by Crippen LogP contribution is -2.14. The Morgan fingerprint density at radius 1 is 1.19 bits per heavy atom. The molecule has 0 aliphatic carbocycles. The van der Waals surface area contributed by atoms with Gasteiger partial charge in [-0.3, -0.25) is 4.79 Å². The average molecular weight is 374 g/mol. The molecule has 6 nitrogen and oxygen atoms in total. The van der Waals surface area contributed by atoms with Crippen LogP contribution < -0.4 is 10.1 Å². The standard InChI is InChI=1S/C19H20F2N4O2/c1-10-7-17-22-11(2)14(12(3)25(17)24-10)5-6-18(26)23-13-8-15(20)19(27-4)16(21)9-13/h7-9H,5-6H2,1-4H3,(H,23,26). The van der Waals surface area contributed by atoms with Crippen molar-refractivity contribution in [3.8, 4) is 5.75 Å². The van der Waals surface area contributed by atoms with Gasteiger partial charge in [-0.1, -0.05) is 0 Å². The Bertz CT molecular complexity index is 1010. The lowest BCUT2D eigenvalue weighted by molar-refractivity contribution is -0.116. The third-order valence-corrected chi connectivity index (χ3v) is 4.37. The molecule has 2 heterocycles. The average Bonchev–Trinajstić information content (AvgIpc) is 2.94. The molecule has 0 radical (unpaired) electrons. The highest BCUT2D eigenvalue weighted by Crippen LogP contribution is 2.25. The number of amides is 1. The summed E-state index contributed by atoms with van der Waals surface area (Å²) in [6.45, 7) is 5.70. The number of rotatable bonds is 5. The first-order valence-corrected chi connectivity index (χ1v) is 8.45. The highest BCUT2D eigenvalue weighted by Gasteiger charge is 2.15. The number of nitrogens with one attached hydrogen (secondary N) is 1. The number of methoxy groups -OCH3 is 1. The monoisotopic (exact) mass is 374 g/mol. The molecule has 8 heteroatoms. The van der Waals surface area contributed by atoms with Crippen LogP contribution in [0.4, 0.5) is 14.5 Å². The Labute approximate surface area is 155 Å². The summed E-state index contributed by atoms with van der Waals surface area (Å²) < 4.78 is 33.8. The van der Waals surface area contributed by atoms with Crippen LogP contribution in [0.15, 0.2) is 18.2 Å². The first-order valence-electron chi connectivity index (χ1n) is 8.45. The Hall–Kier alpha value is -3.03. The molecule has 0 fully saturated rings. The van der Waals surface area contributed by atoms with E-state index in [0.717, 1.165) is 40.4 Å². The summed E-state index contributed by atoms with van der Waals surface area (Å²) in [7, 11) is 1.18. The first kappa shape index (κ1) is 18.8. The maximum atomic E-state index is 13.7. The fourth-order valence-electron chi connectivity index (χ4n) is 3.09. The van der Waals surface area contributed by atoms with E-state index >= 15 is 0 Å². The molecule has 3 rings (SSSR count). The third-order valence-electron chi connectivity index (χ3n) is 4.37. The Morgan fingerprint density at radius 2 is 1.85 bits per heavy atom. The lowest BCUT2D eigenvalue weighted by atomic mass is 10.1. The normalized spacial score (nSPS) is 11.0. The van der Waals surface area contributed by atoms with Gasteiger partial charge in [0.1, 0.15) is 0 Å². The summed E-state index contributed by atoms with van der Waals surface area (Å²) in [6.07, 6.45) is 0.580. The number of carbonyl (C=O) groups excluding carboxylic acids is 1. The molecule has 0 spiro atoms. The van der Waals surface area contributed by atoms with Crippen molar-refractivity contribution >= 4 is 17.2 Å². The maximum absolute atomic E-state index is 13.7. The molecular formula is C19H20F2N4O2. The Kier molecular flexibility index (Phi) is 5.07. The van der Waals surface area contributed by atoms with Crippen molar-refractivity contribution < 1.29 is 18.3 Å². The zero-order valence-electron chi connectivity index (χ0n) is 15.6. The molecule has 142 valence electrons. The van der Waals surface area contributed by atoms with E-state index in [0.29, 0.717) is 6.42 Å². The van der Waals surface area contributed by atoms with Crippen LogP contribution in [0.2, 0.25) is 0 Å². The number of ether oxygens (including phenoxy) is 1. The Morgan fingerprint density at radius 3 is 2.48 bits per heavy atom. The summed E-state index contributed by atoms with van der Waals surface area (Å²) in [6, 6.07) is 3.94.